The molecule has 2 aromatic rings. The Morgan fingerprint density at radius 1 is 1.15 bits per heavy atom. The summed E-state index contributed by atoms with van der Waals surface area (Å²) in [7, 11) is 0. The monoisotopic (exact) mass is 475 g/mol. The van der Waals surface area contributed by atoms with Crippen molar-refractivity contribution in [1.29, 1.82) is 0 Å². The van der Waals surface area contributed by atoms with Crippen molar-refractivity contribution in [1.82, 2.24) is 4.90 Å². The highest BCUT2D eigenvalue weighted by Crippen LogP contribution is 2.34. The van der Waals surface area contributed by atoms with Gasteiger partial charge in [0.2, 0.25) is 0 Å². The maximum Gasteiger partial charge on any atom is 0.0879 e. The lowest BCUT2D eigenvalue weighted by Gasteiger charge is -2.32. The van der Waals surface area contributed by atoms with E-state index in [1.165, 1.54) is 42.4 Å². The zero-order valence-corrected chi connectivity index (χ0v) is 20.7. The lowest BCUT2D eigenvalue weighted by atomic mass is 9.89. The van der Waals surface area contributed by atoms with Gasteiger partial charge >= 0.3 is 0 Å². The molecule has 0 bridgehead atoms. The summed E-state index contributed by atoms with van der Waals surface area (Å²) in [5.74, 6) is 5.66. The Hall–Kier alpha value is -2.63. The molecule has 178 valence electrons. The van der Waals surface area contributed by atoms with Crippen LogP contribution in [0.25, 0.3) is 5.57 Å². The summed E-state index contributed by atoms with van der Waals surface area (Å²) >= 11 is 6.26. The van der Waals surface area contributed by atoms with Gasteiger partial charge in [-0.1, -0.05) is 48.7 Å². The van der Waals surface area contributed by atoms with Crippen LogP contribution >= 0.6 is 11.6 Å². The molecule has 0 radical (unpaired) electrons. The zero-order chi connectivity index (χ0) is 23.5. The van der Waals surface area contributed by atoms with Gasteiger partial charge in [-0.3, -0.25) is 9.89 Å². The van der Waals surface area contributed by atoms with E-state index in [1.807, 2.05) is 25.1 Å². The van der Waals surface area contributed by atoms with Gasteiger partial charge in [0.1, 0.15) is 0 Å². The fourth-order valence-corrected chi connectivity index (χ4v) is 5.85. The average molecular weight is 476 g/mol. The van der Waals surface area contributed by atoms with E-state index < -0.39 is 0 Å². The van der Waals surface area contributed by atoms with Gasteiger partial charge in [-0.15, -0.1) is 0 Å². The molecular weight excluding hydrogens is 442 g/mol. The molecule has 1 aliphatic carbocycles. The van der Waals surface area contributed by atoms with Crippen molar-refractivity contribution in [3.63, 3.8) is 0 Å². The Morgan fingerprint density at radius 3 is 2.74 bits per heavy atom. The Kier molecular flexibility index (Phi) is 7.02. The topological polar surface area (TPSA) is 66.0 Å². The number of rotatable bonds is 5. The second kappa shape index (κ2) is 10.3. The molecule has 2 heterocycles. The van der Waals surface area contributed by atoms with Crippen LogP contribution in [0.3, 0.4) is 0 Å². The van der Waals surface area contributed by atoms with E-state index in [4.69, 9.17) is 22.4 Å². The van der Waals surface area contributed by atoms with Gasteiger partial charge < -0.3 is 11.2 Å². The van der Waals surface area contributed by atoms with Gasteiger partial charge in [0, 0.05) is 41.9 Å². The van der Waals surface area contributed by atoms with Gasteiger partial charge in [-0.05, 0) is 73.6 Å². The number of aliphatic imine (C=N–C) groups is 1. The maximum atomic E-state index is 6.26. The largest absolute Gasteiger partial charge is 0.378 e. The van der Waals surface area contributed by atoms with Gasteiger partial charge in [0.25, 0.3) is 0 Å². The van der Waals surface area contributed by atoms with E-state index in [0.29, 0.717) is 6.54 Å². The van der Waals surface area contributed by atoms with Crippen LogP contribution in [0.4, 0.5) is 5.69 Å². The van der Waals surface area contributed by atoms with E-state index in [1.54, 1.807) is 0 Å². The number of nitrogens with one attached hydrogen (secondary N) is 1. The number of hydrogen-bond donors (Lipinski definition) is 2. The molecule has 1 saturated carbocycles. The first-order valence-corrected chi connectivity index (χ1v) is 12.9. The molecule has 6 heteroatoms. The Labute approximate surface area is 207 Å². The predicted molar refractivity (Wildman–Crippen MR) is 144 cm³/mol. The number of nitrogens with two attached hydrogens (primary N) is 1. The maximum absolute atomic E-state index is 6.26. The highest BCUT2D eigenvalue weighted by Gasteiger charge is 2.26. The van der Waals surface area contributed by atoms with Crippen molar-refractivity contribution in [3.05, 3.63) is 70.3 Å². The second-order valence-electron chi connectivity index (χ2n) is 9.66. The molecule has 0 saturated heterocycles. The molecule has 1 unspecified atom stereocenters. The third-order valence-electron chi connectivity index (χ3n) is 7.52. The van der Waals surface area contributed by atoms with Gasteiger partial charge in [-0.2, -0.15) is 5.10 Å². The fraction of sp³-hybridized carbons (Fsp3) is 0.429. The average Bonchev–Trinajstić information content (AvgIpc) is 3.34. The van der Waals surface area contributed by atoms with Gasteiger partial charge in [0.15, 0.2) is 0 Å². The van der Waals surface area contributed by atoms with Gasteiger partial charge in [-0.25, -0.2) is 0 Å². The molecule has 0 spiro atoms. The molecule has 1 atom stereocenters. The minimum absolute atomic E-state index is 0.124. The van der Waals surface area contributed by atoms with E-state index in [-0.39, 0.29) is 6.04 Å². The molecule has 3 N–H and O–H groups in total. The Morgan fingerprint density at radius 2 is 2.00 bits per heavy atom. The highest BCUT2D eigenvalue weighted by atomic mass is 35.5. The van der Waals surface area contributed by atoms with E-state index in [2.05, 4.69) is 45.7 Å². The van der Waals surface area contributed by atoms with E-state index in [0.717, 1.165) is 59.7 Å². The normalized spacial score (nSPS) is 22.1. The summed E-state index contributed by atoms with van der Waals surface area (Å²) in [5.41, 5.74) is 7.79. The highest BCUT2D eigenvalue weighted by molar-refractivity contribution is 6.48. The molecule has 34 heavy (non-hydrogen) atoms. The summed E-state index contributed by atoms with van der Waals surface area (Å²) in [6.07, 6.45) is 9.94. The van der Waals surface area contributed by atoms with E-state index in [9.17, 15) is 0 Å². The smallest absolute Gasteiger partial charge is 0.0879 e. The number of benzene rings is 2. The van der Waals surface area contributed by atoms with Gasteiger partial charge in [0.05, 0.1) is 17.5 Å². The molecule has 2 aromatic carbocycles. The Bertz CT molecular complexity index is 1130. The van der Waals surface area contributed by atoms with Crippen molar-refractivity contribution in [3.8, 4) is 0 Å². The summed E-state index contributed by atoms with van der Waals surface area (Å²) in [4.78, 5) is 7.54. The minimum atomic E-state index is 0.124. The van der Waals surface area contributed by atoms with Crippen LogP contribution < -0.4 is 11.2 Å². The first kappa shape index (κ1) is 23.1. The van der Waals surface area contributed by atoms with Crippen LogP contribution in [0.15, 0.2) is 58.6 Å². The molecule has 2 aliphatic heterocycles. The third kappa shape index (κ3) is 4.91. The molecule has 1 fully saturated rings. The predicted octanol–water partition coefficient (Wildman–Crippen LogP) is 6.05. The van der Waals surface area contributed by atoms with Crippen LogP contribution in [-0.4, -0.2) is 42.0 Å². The third-order valence-corrected chi connectivity index (χ3v) is 7.76. The number of hydrazone groups is 1. The van der Waals surface area contributed by atoms with E-state index >= 15 is 0 Å². The second-order valence-corrected chi connectivity index (χ2v) is 10.1. The number of hydrogen-bond acceptors (Lipinski definition) is 5. The van der Waals surface area contributed by atoms with Crippen LogP contribution in [0.2, 0.25) is 5.02 Å². The quantitative estimate of drug-likeness (QED) is 0.314. The minimum Gasteiger partial charge on any atom is -0.378 e. The summed E-state index contributed by atoms with van der Waals surface area (Å²) in [6.45, 7) is 4.86. The standard InChI is InChI=1S/C28H34ClN5/c1-19(33-30)28-25-10-9-21(20-12-15-34(16-13-20)24-7-2-3-8-24)17-26(25)27(11-14-31-28)32-23-6-4-5-22(29)18-23/h4-6,9-10,12,17-18,24,27,32H,2-3,7-8,11,13-16,30H2,1H3. The Balaban J connectivity index is 1.47. The molecule has 3 aliphatic rings. The number of anilines is 1. The summed E-state index contributed by atoms with van der Waals surface area (Å²) in [5, 5.41) is 8.41. The van der Waals surface area contributed by atoms with Crippen molar-refractivity contribution >= 4 is 34.3 Å². The first-order valence-electron chi connectivity index (χ1n) is 12.5. The van der Waals surface area contributed by atoms with Crippen molar-refractivity contribution < 1.29 is 0 Å². The number of halogens is 1. The molecule has 5 rings (SSSR count). The molecular formula is C28H34ClN5. The molecule has 0 amide bonds. The number of fused-ring (bicyclic) bond motifs is 1. The van der Waals surface area contributed by atoms with Crippen molar-refractivity contribution in [2.24, 2.45) is 15.9 Å². The molecule has 0 aromatic heterocycles. The van der Waals surface area contributed by atoms with Crippen LogP contribution in [0, 0.1) is 0 Å². The molecule has 5 nitrogen and oxygen atoms in total. The van der Waals surface area contributed by atoms with Crippen LogP contribution in [-0.2, 0) is 0 Å². The number of nitrogens with zero attached hydrogens (tertiary/aromatic N) is 3. The fourth-order valence-electron chi connectivity index (χ4n) is 5.66. The van der Waals surface area contributed by atoms with Crippen molar-refractivity contribution in [2.75, 3.05) is 25.0 Å². The SMILES string of the molecule is CC(=NN)C1=NCCC(Nc2cccc(Cl)c2)c2cc(C3=CCN(C4CCCC4)CC3)ccc21. The zero-order valence-electron chi connectivity index (χ0n) is 19.9. The van der Waals surface area contributed by atoms with Crippen LogP contribution in [0.5, 0.6) is 0 Å². The lowest BCUT2D eigenvalue weighted by Crippen LogP contribution is -2.36. The van der Waals surface area contributed by atoms with Crippen LogP contribution in [0.1, 0.15) is 68.2 Å². The lowest BCUT2D eigenvalue weighted by molar-refractivity contribution is 0.219. The first-order chi connectivity index (χ1) is 16.6. The van der Waals surface area contributed by atoms with Crippen molar-refractivity contribution in [2.45, 2.75) is 57.5 Å². The summed E-state index contributed by atoms with van der Waals surface area (Å²) in [6, 6.07) is 15.7. The summed E-state index contributed by atoms with van der Waals surface area (Å²) < 4.78 is 0.